The normalized spacial score (nSPS) is 16.6. The van der Waals surface area contributed by atoms with Crippen LogP contribution in [-0.2, 0) is 11.3 Å². The summed E-state index contributed by atoms with van der Waals surface area (Å²) >= 11 is 0. The van der Waals surface area contributed by atoms with E-state index in [9.17, 15) is 4.79 Å². The molecule has 1 saturated carbocycles. The number of hydrogen-bond donors (Lipinski definition) is 2. The molecule has 20 heavy (non-hydrogen) atoms. The second kappa shape index (κ2) is 7.43. The van der Waals surface area contributed by atoms with Gasteiger partial charge in [-0.2, -0.15) is 5.10 Å². The number of amides is 1. The van der Waals surface area contributed by atoms with E-state index in [-0.39, 0.29) is 5.91 Å². The number of hydrogen-bond acceptors (Lipinski definition) is 3. The quantitative estimate of drug-likeness (QED) is 0.835. The molecular weight excluding hydrogens is 252 g/mol. The number of aromatic nitrogens is 2. The highest BCUT2D eigenvalue weighted by Gasteiger charge is 2.15. The predicted octanol–water partition coefficient (Wildman–Crippen LogP) is 1.85. The summed E-state index contributed by atoms with van der Waals surface area (Å²) in [5.41, 5.74) is 2.21. The Balaban J connectivity index is 1.67. The number of rotatable bonds is 6. The van der Waals surface area contributed by atoms with Crippen LogP contribution in [0.2, 0.25) is 0 Å². The van der Waals surface area contributed by atoms with Gasteiger partial charge in [-0.1, -0.05) is 19.3 Å². The van der Waals surface area contributed by atoms with Crippen molar-refractivity contribution < 1.29 is 4.79 Å². The molecule has 2 N–H and O–H groups in total. The van der Waals surface area contributed by atoms with Gasteiger partial charge in [0.05, 0.1) is 12.7 Å². The largest absolute Gasteiger partial charge is 0.355 e. The number of nitrogens with one attached hydrogen (secondary N) is 2. The van der Waals surface area contributed by atoms with Crippen molar-refractivity contribution in [1.29, 1.82) is 0 Å². The summed E-state index contributed by atoms with van der Waals surface area (Å²) in [6.45, 7) is 4.03. The van der Waals surface area contributed by atoms with E-state index in [0.29, 0.717) is 12.5 Å². The summed E-state index contributed by atoms with van der Waals surface area (Å²) in [4.78, 5) is 14.0. The summed E-state index contributed by atoms with van der Waals surface area (Å²) < 4.78 is 0. The molecule has 1 aliphatic rings. The SMILES string of the molecule is Cc1[nH]ncc1CN(C)CC(=O)NCC1CCCCC1. The Morgan fingerprint density at radius 2 is 2.20 bits per heavy atom. The molecule has 1 aromatic heterocycles. The van der Waals surface area contributed by atoms with Crippen molar-refractivity contribution in [1.82, 2.24) is 20.4 Å². The average Bonchev–Trinajstić information content (AvgIpc) is 2.83. The van der Waals surface area contributed by atoms with E-state index in [1.807, 2.05) is 25.1 Å². The summed E-state index contributed by atoms with van der Waals surface area (Å²) in [6.07, 6.45) is 8.36. The van der Waals surface area contributed by atoms with Gasteiger partial charge < -0.3 is 5.32 Å². The number of carbonyl (C=O) groups is 1. The van der Waals surface area contributed by atoms with Crippen LogP contribution in [0.25, 0.3) is 0 Å². The fourth-order valence-electron chi connectivity index (χ4n) is 2.83. The zero-order valence-corrected chi connectivity index (χ0v) is 12.6. The second-order valence-electron chi connectivity index (χ2n) is 6.00. The third kappa shape index (κ3) is 4.63. The molecule has 1 amide bonds. The second-order valence-corrected chi connectivity index (χ2v) is 6.00. The van der Waals surface area contributed by atoms with Crippen LogP contribution in [0, 0.1) is 12.8 Å². The molecule has 0 spiro atoms. The molecule has 0 aromatic carbocycles. The minimum atomic E-state index is 0.124. The van der Waals surface area contributed by atoms with Crippen LogP contribution in [0.15, 0.2) is 6.20 Å². The minimum Gasteiger partial charge on any atom is -0.355 e. The molecule has 0 atom stereocenters. The lowest BCUT2D eigenvalue weighted by Gasteiger charge is -2.22. The first-order valence-corrected chi connectivity index (χ1v) is 7.59. The fourth-order valence-corrected chi connectivity index (χ4v) is 2.83. The molecule has 0 radical (unpaired) electrons. The van der Waals surface area contributed by atoms with E-state index in [1.165, 1.54) is 32.1 Å². The lowest BCUT2D eigenvalue weighted by Crippen LogP contribution is -2.37. The van der Waals surface area contributed by atoms with Gasteiger partial charge in [-0.05, 0) is 32.7 Å². The van der Waals surface area contributed by atoms with Crippen LogP contribution >= 0.6 is 0 Å². The summed E-state index contributed by atoms with van der Waals surface area (Å²) in [7, 11) is 1.96. The Hall–Kier alpha value is -1.36. The van der Waals surface area contributed by atoms with E-state index in [1.54, 1.807) is 0 Å². The molecule has 1 aliphatic carbocycles. The van der Waals surface area contributed by atoms with E-state index in [4.69, 9.17) is 0 Å². The van der Waals surface area contributed by atoms with Crippen molar-refractivity contribution in [3.05, 3.63) is 17.5 Å². The first-order chi connectivity index (χ1) is 9.65. The van der Waals surface area contributed by atoms with Crippen molar-refractivity contribution in [2.75, 3.05) is 20.1 Å². The number of aromatic amines is 1. The lowest BCUT2D eigenvalue weighted by molar-refractivity contribution is -0.122. The van der Waals surface area contributed by atoms with Crippen molar-refractivity contribution in [2.45, 2.75) is 45.6 Å². The van der Waals surface area contributed by atoms with Crippen LogP contribution in [0.4, 0.5) is 0 Å². The van der Waals surface area contributed by atoms with Gasteiger partial charge in [-0.25, -0.2) is 0 Å². The van der Waals surface area contributed by atoms with Gasteiger partial charge in [-0.3, -0.25) is 14.8 Å². The fraction of sp³-hybridized carbons (Fsp3) is 0.733. The average molecular weight is 278 g/mol. The Labute approximate surface area is 121 Å². The third-order valence-corrected chi connectivity index (χ3v) is 4.10. The number of likely N-dealkylation sites (N-methyl/N-ethyl adjacent to an activating group) is 1. The smallest absolute Gasteiger partial charge is 0.234 e. The van der Waals surface area contributed by atoms with E-state index in [2.05, 4.69) is 15.5 Å². The van der Waals surface area contributed by atoms with Crippen molar-refractivity contribution in [3.63, 3.8) is 0 Å². The third-order valence-electron chi connectivity index (χ3n) is 4.10. The molecular formula is C15H26N4O. The summed E-state index contributed by atoms with van der Waals surface area (Å²) in [6, 6.07) is 0. The van der Waals surface area contributed by atoms with Crippen LogP contribution in [0.3, 0.4) is 0 Å². The molecule has 1 aromatic rings. The Morgan fingerprint density at radius 1 is 1.45 bits per heavy atom. The first-order valence-electron chi connectivity index (χ1n) is 7.59. The maximum Gasteiger partial charge on any atom is 0.234 e. The van der Waals surface area contributed by atoms with Gasteiger partial charge >= 0.3 is 0 Å². The Morgan fingerprint density at radius 3 is 2.85 bits per heavy atom. The standard InChI is InChI=1S/C15H26N4O/c1-12-14(9-17-18-12)10-19(2)11-15(20)16-8-13-6-4-3-5-7-13/h9,13H,3-8,10-11H2,1-2H3,(H,16,20)(H,17,18). The number of nitrogens with zero attached hydrogens (tertiary/aromatic N) is 2. The van der Waals surface area contributed by atoms with Crippen molar-refractivity contribution >= 4 is 5.91 Å². The van der Waals surface area contributed by atoms with Crippen molar-refractivity contribution in [3.8, 4) is 0 Å². The summed E-state index contributed by atoms with van der Waals surface area (Å²) in [5.74, 6) is 0.813. The molecule has 0 bridgehead atoms. The highest BCUT2D eigenvalue weighted by atomic mass is 16.2. The highest BCUT2D eigenvalue weighted by molar-refractivity contribution is 5.77. The maximum absolute atomic E-state index is 11.9. The first kappa shape index (κ1) is 15.0. The van der Waals surface area contributed by atoms with Crippen molar-refractivity contribution in [2.24, 2.45) is 5.92 Å². The van der Waals surface area contributed by atoms with E-state index >= 15 is 0 Å². The maximum atomic E-state index is 11.9. The summed E-state index contributed by atoms with van der Waals surface area (Å²) in [5, 5.41) is 9.99. The lowest BCUT2D eigenvalue weighted by atomic mass is 9.89. The zero-order chi connectivity index (χ0) is 14.4. The van der Waals surface area contributed by atoms with Crippen LogP contribution < -0.4 is 5.32 Å². The topological polar surface area (TPSA) is 61.0 Å². The van der Waals surface area contributed by atoms with Gasteiger partial charge in [0.15, 0.2) is 0 Å². The molecule has 0 unspecified atom stereocenters. The molecule has 0 aliphatic heterocycles. The number of aryl methyl sites for hydroxylation is 1. The molecule has 5 nitrogen and oxygen atoms in total. The van der Waals surface area contributed by atoms with Gasteiger partial charge in [0, 0.05) is 24.3 Å². The minimum absolute atomic E-state index is 0.124. The van der Waals surface area contributed by atoms with Crippen LogP contribution in [0.5, 0.6) is 0 Å². The van der Waals surface area contributed by atoms with Gasteiger partial charge in [-0.15, -0.1) is 0 Å². The molecule has 112 valence electrons. The van der Waals surface area contributed by atoms with Gasteiger partial charge in [0.2, 0.25) is 5.91 Å². The molecule has 2 rings (SSSR count). The van der Waals surface area contributed by atoms with Crippen LogP contribution in [-0.4, -0.2) is 41.1 Å². The van der Waals surface area contributed by atoms with Gasteiger partial charge in [0.1, 0.15) is 0 Å². The molecule has 1 heterocycles. The predicted molar refractivity (Wildman–Crippen MR) is 79.2 cm³/mol. The monoisotopic (exact) mass is 278 g/mol. The number of H-pyrrole nitrogens is 1. The van der Waals surface area contributed by atoms with E-state index < -0.39 is 0 Å². The van der Waals surface area contributed by atoms with Gasteiger partial charge in [0.25, 0.3) is 0 Å². The molecule has 1 fully saturated rings. The zero-order valence-electron chi connectivity index (χ0n) is 12.6. The Bertz CT molecular complexity index is 423. The highest BCUT2D eigenvalue weighted by Crippen LogP contribution is 2.22. The number of carbonyl (C=O) groups excluding carboxylic acids is 1. The molecule has 0 saturated heterocycles. The Kier molecular flexibility index (Phi) is 5.59. The molecule has 5 heteroatoms. The van der Waals surface area contributed by atoms with E-state index in [0.717, 1.165) is 24.3 Å². The van der Waals surface area contributed by atoms with Crippen LogP contribution in [0.1, 0.15) is 43.4 Å².